The zero-order valence-corrected chi connectivity index (χ0v) is 9.34. The molecular weight excluding hydrogens is 206 g/mol. The van der Waals surface area contributed by atoms with E-state index in [1.807, 2.05) is 17.5 Å². The van der Waals surface area contributed by atoms with Crippen molar-refractivity contribution in [1.29, 1.82) is 0 Å². The number of hydrogen-bond donors (Lipinski definition) is 2. The molecule has 0 amide bonds. The molecule has 2 aromatic rings. The van der Waals surface area contributed by atoms with Gasteiger partial charge in [0.1, 0.15) is 0 Å². The number of nitrogens with zero attached hydrogens (tertiary/aromatic N) is 1. The summed E-state index contributed by atoms with van der Waals surface area (Å²) in [5, 5.41) is 5.90. The minimum atomic E-state index is 0.621. The first-order valence-electron chi connectivity index (χ1n) is 4.74. The molecule has 0 bridgehead atoms. The Balaban J connectivity index is 1.99. The average molecular weight is 219 g/mol. The molecule has 0 spiro atoms. The van der Waals surface area contributed by atoms with E-state index in [0.717, 1.165) is 17.9 Å². The Morgan fingerprint density at radius 3 is 3.00 bits per heavy atom. The van der Waals surface area contributed by atoms with Gasteiger partial charge in [-0.2, -0.15) is 0 Å². The molecule has 15 heavy (non-hydrogen) atoms. The van der Waals surface area contributed by atoms with Crippen molar-refractivity contribution < 1.29 is 0 Å². The minimum absolute atomic E-state index is 0.621. The fraction of sp³-hybridized carbons (Fsp3) is 0.182. The molecule has 0 aliphatic heterocycles. The van der Waals surface area contributed by atoms with E-state index in [4.69, 9.17) is 5.73 Å². The first-order valence-corrected chi connectivity index (χ1v) is 5.62. The fourth-order valence-electron chi connectivity index (χ4n) is 1.35. The van der Waals surface area contributed by atoms with Gasteiger partial charge in [0.2, 0.25) is 0 Å². The maximum absolute atomic E-state index is 5.55. The van der Waals surface area contributed by atoms with Gasteiger partial charge < -0.3 is 11.1 Å². The molecule has 1 aromatic carbocycles. The zero-order chi connectivity index (χ0) is 10.7. The highest BCUT2D eigenvalue weighted by molar-refractivity contribution is 7.13. The molecule has 0 atom stereocenters. The predicted molar refractivity (Wildman–Crippen MR) is 65.0 cm³/mol. The summed E-state index contributed by atoms with van der Waals surface area (Å²) in [6.07, 6.45) is 0. The number of thiazole rings is 1. The van der Waals surface area contributed by atoms with Crippen molar-refractivity contribution in [2.45, 2.75) is 13.5 Å². The van der Waals surface area contributed by atoms with Gasteiger partial charge >= 0.3 is 0 Å². The predicted octanol–water partition coefficient (Wildman–Crippen LogP) is 2.65. The Hall–Kier alpha value is -1.55. The third kappa shape index (κ3) is 2.70. The molecule has 78 valence electrons. The standard InChI is InChI=1S/C11H13N3S/c1-8-3-2-4-9(5-8)13-6-10-7-15-11(12)14-10/h2-5,7,13H,6H2,1H3,(H2,12,14). The Morgan fingerprint density at radius 1 is 1.47 bits per heavy atom. The molecule has 2 rings (SSSR count). The minimum Gasteiger partial charge on any atom is -0.379 e. The topological polar surface area (TPSA) is 50.9 Å². The highest BCUT2D eigenvalue weighted by Crippen LogP contribution is 2.14. The molecule has 4 heteroatoms. The SMILES string of the molecule is Cc1cccc(NCc2csc(N)n2)c1. The quantitative estimate of drug-likeness (QED) is 0.834. The Bertz CT molecular complexity index is 451. The summed E-state index contributed by atoms with van der Waals surface area (Å²) in [5.74, 6) is 0. The van der Waals surface area contributed by atoms with Crippen molar-refractivity contribution in [2.24, 2.45) is 0 Å². The molecular formula is C11H13N3S. The van der Waals surface area contributed by atoms with E-state index < -0.39 is 0 Å². The third-order valence-electron chi connectivity index (χ3n) is 2.06. The van der Waals surface area contributed by atoms with Crippen molar-refractivity contribution in [2.75, 3.05) is 11.1 Å². The molecule has 0 saturated carbocycles. The summed E-state index contributed by atoms with van der Waals surface area (Å²) in [5.41, 5.74) is 8.90. The van der Waals surface area contributed by atoms with E-state index in [9.17, 15) is 0 Å². The Morgan fingerprint density at radius 2 is 2.33 bits per heavy atom. The fourth-order valence-corrected chi connectivity index (χ4v) is 1.91. The van der Waals surface area contributed by atoms with Crippen LogP contribution < -0.4 is 11.1 Å². The van der Waals surface area contributed by atoms with E-state index in [-0.39, 0.29) is 0 Å². The lowest BCUT2D eigenvalue weighted by atomic mass is 10.2. The smallest absolute Gasteiger partial charge is 0.180 e. The second-order valence-corrected chi connectivity index (χ2v) is 4.29. The average Bonchev–Trinajstić information content (AvgIpc) is 2.62. The highest BCUT2D eigenvalue weighted by Gasteiger charge is 1.98. The van der Waals surface area contributed by atoms with Gasteiger partial charge in [-0.3, -0.25) is 0 Å². The zero-order valence-electron chi connectivity index (χ0n) is 8.53. The lowest BCUT2D eigenvalue weighted by Crippen LogP contribution is -1.99. The van der Waals surface area contributed by atoms with Crippen molar-refractivity contribution in [1.82, 2.24) is 4.98 Å². The molecule has 1 aromatic heterocycles. The number of nitrogens with two attached hydrogens (primary N) is 1. The van der Waals surface area contributed by atoms with Crippen molar-refractivity contribution in [3.63, 3.8) is 0 Å². The van der Waals surface area contributed by atoms with E-state index in [1.165, 1.54) is 16.9 Å². The van der Waals surface area contributed by atoms with Gasteiger partial charge in [-0.15, -0.1) is 11.3 Å². The van der Waals surface area contributed by atoms with Gasteiger partial charge in [0, 0.05) is 11.1 Å². The Labute approximate surface area is 93.0 Å². The monoisotopic (exact) mass is 219 g/mol. The largest absolute Gasteiger partial charge is 0.379 e. The van der Waals surface area contributed by atoms with Crippen LogP contribution in [0.4, 0.5) is 10.8 Å². The second-order valence-electron chi connectivity index (χ2n) is 3.40. The molecule has 0 aliphatic carbocycles. The highest BCUT2D eigenvalue weighted by atomic mass is 32.1. The first kappa shape index (κ1) is 9.98. The number of benzene rings is 1. The van der Waals surface area contributed by atoms with E-state index in [0.29, 0.717) is 5.13 Å². The number of anilines is 2. The number of aryl methyl sites for hydroxylation is 1. The summed E-state index contributed by atoms with van der Waals surface area (Å²) in [6, 6.07) is 8.26. The van der Waals surface area contributed by atoms with Gasteiger partial charge in [-0.05, 0) is 24.6 Å². The number of nitrogen functional groups attached to an aromatic ring is 1. The van der Waals surface area contributed by atoms with Crippen molar-refractivity contribution >= 4 is 22.2 Å². The van der Waals surface area contributed by atoms with E-state index >= 15 is 0 Å². The summed E-state index contributed by atoms with van der Waals surface area (Å²) in [4.78, 5) is 4.18. The summed E-state index contributed by atoms with van der Waals surface area (Å²) in [6.45, 7) is 2.79. The molecule has 0 fully saturated rings. The van der Waals surface area contributed by atoms with Gasteiger partial charge in [0.25, 0.3) is 0 Å². The van der Waals surface area contributed by atoms with Crippen LogP contribution >= 0.6 is 11.3 Å². The van der Waals surface area contributed by atoms with Crippen LogP contribution in [-0.2, 0) is 6.54 Å². The molecule has 0 aliphatic rings. The van der Waals surface area contributed by atoms with Gasteiger partial charge in [0.05, 0.1) is 12.2 Å². The summed E-state index contributed by atoms with van der Waals surface area (Å²) < 4.78 is 0. The van der Waals surface area contributed by atoms with Crippen LogP contribution in [0, 0.1) is 6.92 Å². The maximum Gasteiger partial charge on any atom is 0.180 e. The number of nitrogens with one attached hydrogen (secondary N) is 1. The van der Waals surface area contributed by atoms with Crippen LogP contribution in [0.5, 0.6) is 0 Å². The van der Waals surface area contributed by atoms with E-state index in [1.54, 1.807) is 0 Å². The van der Waals surface area contributed by atoms with Gasteiger partial charge in [0.15, 0.2) is 5.13 Å². The van der Waals surface area contributed by atoms with Gasteiger partial charge in [-0.25, -0.2) is 4.98 Å². The van der Waals surface area contributed by atoms with E-state index in [2.05, 4.69) is 29.4 Å². The van der Waals surface area contributed by atoms with Crippen molar-refractivity contribution in [3.8, 4) is 0 Å². The van der Waals surface area contributed by atoms with Crippen LogP contribution in [-0.4, -0.2) is 4.98 Å². The first-order chi connectivity index (χ1) is 7.24. The molecule has 3 N–H and O–H groups in total. The van der Waals surface area contributed by atoms with Crippen LogP contribution in [0.2, 0.25) is 0 Å². The lowest BCUT2D eigenvalue weighted by molar-refractivity contribution is 1.08. The van der Waals surface area contributed by atoms with Crippen LogP contribution in [0.3, 0.4) is 0 Å². The molecule has 0 unspecified atom stereocenters. The number of rotatable bonds is 3. The van der Waals surface area contributed by atoms with Crippen molar-refractivity contribution in [3.05, 3.63) is 40.9 Å². The van der Waals surface area contributed by atoms with Crippen LogP contribution in [0.15, 0.2) is 29.6 Å². The number of hydrogen-bond acceptors (Lipinski definition) is 4. The molecule has 3 nitrogen and oxygen atoms in total. The molecule has 0 saturated heterocycles. The second kappa shape index (κ2) is 4.31. The maximum atomic E-state index is 5.55. The van der Waals surface area contributed by atoms with Crippen LogP contribution in [0.25, 0.3) is 0 Å². The lowest BCUT2D eigenvalue weighted by Gasteiger charge is -2.04. The van der Waals surface area contributed by atoms with Crippen LogP contribution in [0.1, 0.15) is 11.3 Å². The normalized spacial score (nSPS) is 10.2. The summed E-state index contributed by atoms with van der Waals surface area (Å²) in [7, 11) is 0. The molecule has 0 radical (unpaired) electrons. The summed E-state index contributed by atoms with van der Waals surface area (Å²) >= 11 is 1.47. The number of aromatic nitrogens is 1. The third-order valence-corrected chi connectivity index (χ3v) is 2.78. The Kier molecular flexibility index (Phi) is 2.87. The molecule has 1 heterocycles. The van der Waals surface area contributed by atoms with Gasteiger partial charge in [-0.1, -0.05) is 12.1 Å².